The van der Waals surface area contributed by atoms with E-state index in [0.717, 1.165) is 43.5 Å². The predicted molar refractivity (Wildman–Crippen MR) is 200 cm³/mol. The van der Waals surface area contributed by atoms with Gasteiger partial charge in [0.1, 0.15) is 8.07 Å². The molecule has 0 saturated heterocycles. The molecule has 0 radical (unpaired) electrons. The van der Waals surface area contributed by atoms with E-state index in [1.807, 2.05) is 0 Å². The molecular weight excluding hydrogens is 594 g/mol. The Bertz CT molecular complexity index is 2500. The molecule has 8 aromatic rings. The standard InChI is InChI=1S/C42H32NOPSi/c1-46(2)41-24-10-9-22-39(41)45(44,38-23-12-14-29-13-3-4-17-33(29)38)40-28-31(25-26-42(40)46)30-15-11-16-32(27-30)43-36-20-7-5-18-34(36)35-19-6-8-21-37(35)43/h3-28H,1-2H3. The van der Waals surface area contributed by atoms with Gasteiger partial charge in [0.25, 0.3) is 0 Å². The fraction of sp³-hybridized carbons (Fsp3) is 0.0476. The lowest BCUT2D eigenvalue weighted by Gasteiger charge is -2.39. The van der Waals surface area contributed by atoms with Crippen molar-refractivity contribution in [3.8, 4) is 16.8 Å². The molecule has 0 amide bonds. The molecule has 46 heavy (non-hydrogen) atoms. The molecule has 9 rings (SSSR count). The summed E-state index contributed by atoms with van der Waals surface area (Å²) in [5.74, 6) is 0. The third-order valence-corrected chi connectivity index (χ3v) is 17.2. The van der Waals surface area contributed by atoms with Crippen molar-refractivity contribution in [3.05, 3.63) is 158 Å². The van der Waals surface area contributed by atoms with E-state index < -0.39 is 15.2 Å². The second kappa shape index (κ2) is 10.0. The first-order chi connectivity index (χ1) is 22.5. The van der Waals surface area contributed by atoms with Gasteiger partial charge in [0.05, 0.1) is 11.0 Å². The molecule has 1 aliphatic heterocycles. The molecule has 1 aromatic heterocycles. The summed E-state index contributed by atoms with van der Waals surface area (Å²) in [6, 6.07) is 56.0. The highest BCUT2D eigenvalue weighted by Gasteiger charge is 2.46. The minimum atomic E-state index is -3.21. The summed E-state index contributed by atoms with van der Waals surface area (Å²) in [4.78, 5) is 0. The zero-order valence-corrected chi connectivity index (χ0v) is 27.7. The van der Waals surface area contributed by atoms with Crippen molar-refractivity contribution in [2.75, 3.05) is 0 Å². The van der Waals surface area contributed by atoms with Gasteiger partial charge < -0.3 is 9.13 Å². The highest BCUT2D eigenvalue weighted by Crippen LogP contribution is 2.46. The van der Waals surface area contributed by atoms with Gasteiger partial charge in [0, 0.05) is 32.4 Å². The van der Waals surface area contributed by atoms with Crippen LogP contribution in [-0.2, 0) is 4.57 Å². The van der Waals surface area contributed by atoms with Crippen LogP contribution in [0.25, 0.3) is 49.4 Å². The molecule has 0 fully saturated rings. The van der Waals surface area contributed by atoms with E-state index in [0.29, 0.717) is 0 Å². The lowest BCUT2D eigenvalue weighted by molar-refractivity contribution is 0.592. The quantitative estimate of drug-likeness (QED) is 0.143. The Morgan fingerprint density at radius 2 is 1.04 bits per heavy atom. The Kier molecular flexibility index (Phi) is 5.96. The van der Waals surface area contributed by atoms with Crippen molar-refractivity contribution < 1.29 is 4.57 Å². The van der Waals surface area contributed by atoms with E-state index in [-0.39, 0.29) is 0 Å². The number of fused-ring (bicyclic) bond motifs is 6. The monoisotopic (exact) mass is 625 g/mol. The maximum atomic E-state index is 16.1. The Morgan fingerprint density at radius 3 is 1.83 bits per heavy atom. The molecule has 1 aliphatic rings. The maximum Gasteiger partial charge on any atom is 0.171 e. The molecule has 4 heteroatoms. The summed E-state index contributed by atoms with van der Waals surface area (Å²) < 4.78 is 18.5. The molecule has 7 aromatic carbocycles. The van der Waals surface area contributed by atoms with E-state index >= 15 is 4.57 Å². The van der Waals surface area contributed by atoms with E-state index in [1.165, 1.54) is 32.2 Å². The summed E-state index contributed by atoms with van der Waals surface area (Å²) in [7, 11) is -5.35. The van der Waals surface area contributed by atoms with Gasteiger partial charge in [-0.3, -0.25) is 0 Å². The first kappa shape index (κ1) is 27.4. The average molecular weight is 626 g/mol. The predicted octanol–water partition coefficient (Wildman–Crippen LogP) is 8.38. The topological polar surface area (TPSA) is 22.0 Å². The van der Waals surface area contributed by atoms with Crippen LogP contribution < -0.4 is 26.3 Å². The molecule has 0 aliphatic carbocycles. The van der Waals surface area contributed by atoms with Gasteiger partial charge in [0.2, 0.25) is 0 Å². The van der Waals surface area contributed by atoms with Gasteiger partial charge in [-0.1, -0.05) is 140 Å². The molecule has 2 heterocycles. The first-order valence-electron chi connectivity index (χ1n) is 15.9. The fourth-order valence-corrected chi connectivity index (χ4v) is 16.2. The van der Waals surface area contributed by atoms with Gasteiger partial charge in [-0.15, -0.1) is 0 Å². The molecule has 1 unspecified atom stereocenters. The second-order valence-electron chi connectivity index (χ2n) is 12.9. The molecule has 0 bridgehead atoms. The van der Waals surface area contributed by atoms with Crippen LogP contribution in [0.1, 0.15) is 0 Å². The number of hydrogen-bond acceptors (Lipinski definition) is 1. The molecule has 0 saturated carbocycles. The molecular formula is C42H32NOPSi. The normalized spacial score (nSPS) is 16.8. The Balaban J connectivity index is 1.29. The van der Waals surface area contributed by atoms with E-state index in [1.54, 1.807) is 0 Å². The van der Waals surface area contributed by atoms with E-state index in [2.05, 4.69) is 175 Å². The van der Waals surface area contributed by atoms with Crippen molar-refractivity contribution in [1.82, 2.24) is 4.57 Å². The number of rotatable bonds is 3. The Morgan fingerprint density at radius 1 is 0.478 bits per heavy atom. The fourth-order valence-electron chi connectivity index (χ4n) is 7.82. The zero-order valence-electron chi connectivity index (χ0n) is 25.8. The summed E-state index contributed by atoms with van der Waals surface area (Å²) in [6.45, 7) is 4.81. The van der Waals surface area contributed by atoms with E-state index in [9.17, 15) is 0 Å². The van der Waals surface area contributed by atoms with Gasteiger partial charge in [0.15, 0.2) is 7.14 Å². The summed E-state index contributed by atoms with van der Waals surface area (Å²) in [6.07, 6.45) is 0. The Hall–Kier alpha value is -4.95. The highest BCUT2D eigenvalue weighted by atomic mass is 31.2. The number of aromatic nitrogens is 1. The van der Waals surface area contributed by atoms with Gasteiger partial charge in [-0.05, 0) is 62.6 Å². The van der Waals surface area contributed by atoms with Crippen molar-refractivity contribution >= 4 is 74.1 Å². The average Bonchev–Trinajstić information content (AvgIpc) is 3.45. The molecule has 220 valence electrons. The third-order valence-electron chi connectivity index (χ3n) is 10.1. The van der Waals surface area contributed by atoms with Crippen LogP contribution in [0.4, 0.5) is 0 Å². The molecule has 0 N–H and O–H groups in total. The zero-order chi connectivity index (χ0) is 31.0. The van der Waals surface area contributed by atoms with Gasteiger partial charge in [-0.25, -0.2) is 0 Å². The maximum absolute atomic E-state index is 16.1. The van der Waals surface area contributed by atoms with Crippen LogP contribution in [0.5, 0.6) is 0 Å². The number of nitrogens with zero attached hydrogens (tertiary/aromatic N) is 1. The number of benzene rings is 7. The van der Waals surface area contributed by atoms with Crippen LogP contribution >= 0.6 is 7.14 Å². The minimum absolute atomic E-state index is 0.931. The Labute approximate surface area is 270 Å². The second-order valence-corrected chi connectivity index (χ2v) is 19.9. The number of para-hydroxylation sites is 2. The van der Waals surface area contributed by atoms with Crippen molar-refractivity contribution in [2.24, 2.45) is 0 Å². The van der Waals surface area contributed by atoms with E-state index in [4.69, 9.17) is 0 Å². The van der Waals surface area contributed by atoms with Crippen molar-refractivity contribution in [1.29, 1.82) is 0 Å². The third kappa shape index (κ3) is 3.79. The van der Waals surface area contributed by atoms with Gasteiger partial charge >= 0.3 is 0 Å². The van der Waals surface area contributed by atoms with Crippen LogP contribution in [-0.4, -0.2) is 12.6 Å². The smallest absolute Gasteiger partial charge is 0.171 e. The van der Waals surface area contributed by atoms with Crippen molar-refractivity contribution in [3.63, 3.8) is 0 Å². The lowest BCUT2D eigenvalue weighted by Crippen LogP contribution is -2.67. The molecule has 2 nitrogen and oxygen atoms in total. The SMILES string of the molecule is C[Si]1(C)c2ccccc2P(=O)(c2cccc3ccccc23)c2cc(-c3cccc(-n4c5ccccc5c5ccccc54)c3)ccc21. The van der Waals surface area contributed by atoms with Crippen LogP contribution in [0, 0.1) is 0 Å². The van der Waals surface area contributed by atoms with Gasteiger partial charge in [-0.2, -0.15) is 0 Å². The van der Waals surface area contributed by atoms with Crippen LogP contribution in [0.2, 0.25) is 13.1 Å². The molecule has 0 spiro atoms. The largest absolute Gasteiger partial charge is 0.309 e. The lowest BCUT2D eigenvalue weighted by atomic mass is 10.0. The highest BCUT2D eigenvalue weighted by molar-refractivity contribution is 7.87. The first-order valence-corrected chi connectivity index (χ1v) is 20.6. The number of hydrogen-bond donors (Lipinski definition) is 0. The summed E-state index contributed by atoms with van der Waals surface area (Å²) in [5.41, 5.74) is 5.70. The summed E-state index contributed by atoms with van der Waals surface area (Å²) in [5, 5.41) is 10.2. The molecule has 1 atom stereocenters. The minimum Gasteiger partial charge on any atom is -0.309 e. The van der Waals surface area contributed by atoms with Crippen LogP contribution in [0.3, 0.4) is 0 Å². The summed E-state index contributed by atoms with van der Waals surface area (Å²) >= 11 is 0. The van der Waals surface area contributed by atoms with Crippen molar-refractivity contribution in [2.45, 2.75) is 13.1 Å². The van der Waals surface area contributed by atoms with Crippen LogP contribution in [0.15, 0.2) is 158 Å².